The lowest BCUT2D eigenvalue weighted by Crippen LogP contribution is -2.43. The van der Waals surface area contributed by atoms with Gasteiger partial charge in [-0.3, -0.25) is 0 Å². The first-order valence-corrected chi connectivity index (χ1v) is 7.46. The fourth-order valence-electron chi connectivity index (χ4n) is 2.95. The molecule has 1 spiro atoms. The Morgan fingerprint density at radius 3 is 2.48 bits per heavy atom. The molecule has 0 atom stereocenters. The van der Waals surface area contributed by atoms with Gasteiger partial charge in [0.25, 0.3) is 0 Å². The number of nitrogens with zero attached hydrogens (tertiary/aromatic N) is 4. The van der Waals surface area contributed by atoms with Crippen molar-refractivity contribution >= 4 is 17.5 Å². The smallest absolute Gasteiger partial charge is 0.322 e. The van der Waals surface area contributed by atoms with E-state index in [0.717, 1.165) is 25.7 Å². The summed E-state index contributed by atoms with van der Waals surface area (Å²) in [6.07, 6.45) is 3.69. The number of halogens is 1. The van der Waals surface area contributed by atoms with Crippen LogP contribution in [0.5, 0.6) is 6.01 Å². The van der Waals surface area contributed by atoms with Gasteiger partial charge in [-0.05, 0) is 24.4 Å². The molecule has 0 bridgehead atoms. The molecule has 0 unspecified atom stereocenters. The highest BCUT2D eigenvalue weighted by Crippen LogP contribution is 2.37. The van der Waals surface area contributed by atoms with E-state index in [9.17, 15) is 0 Å². The van der Waals surface area contributed by atoms with Gasteiger partial charge < -0.3 is 19.1 Å². The quantitative estimate of drug-likeness (QED) is 0.840. The lowest BCUT2D eigenvalue weighted by atomic mass is 9.89. The lowest BCUT2D eigenvalue weighted by molar-refractivity contribution is -0.178. The predicted octanol–water partition coefficient (Wildman–Crippen LogP) is 1.66. The van der Waals surface area contributed by atoms with Crippen molar-refractivity contribution in [2.75, 3.05) is 32.3 Å². The molecule has 1 saturated carbocycles. The van der Waals surface area contributed by atoms with Crippen molar-refractivity contribution in [3.05, 3.63) is 5.28 Å². The normalized spacial score (nSPS) is 21.7. The standard InChI is InChI=1S/C13H19ClN4O3/c1-18(11-15-10(14)16-12(17-11)19-2)9-3-5-13(6-4-9)20-7-8-21-13/h9H,3-8H2,1-2H3. The highest BCUT2D eigenvalue weighted by atomic mass is 35.5. The summed E-state index contributed by atoms with van der Waals surface area (Å²) >= 11 is 5.90. The monoisotopic (exact) mass is 314 g/mol. The van der Waals surface area contributed by atoms with Crippen LogP contribution in [0.15, 0.2) is 0 Å². The van der Waals surface area contributed by atoms with E-state index in [1.54, 1.807) is 0 Å². The summed E-state index contributed by atoms with van der Waals surface area (Å²) in [4.78, 5) is 14.3. The lowest BCUT2D eigenvalue weighted by Gasteiger charge is -2.38. The van der Waals surface area contributed by atoms with Gasteiger partial charge in [0.15, 0.2) is 5.79 Å². The molecule has 21 heavy (non-hydrogen) atoms. The van der Waals surface area contributed by atoms with Crippen LogP contribution in [0.3, 0.4) is 0 Å². The first-order valence-electron chi connectivity index (χ1n) is 7.08. The summed E-state index contributed by atoms with van der Waals surface area (Å²) in [6.45, 7) is 1.39. The summed E-state index contributed by atoms with van der Waals surface area (Å²) in [6, 6.07) is 0.554. The molecule has 1 aromatic rings. The van der Waals surface area contributed by atoms with Gasteiger partial charge >= 0.3 is 6.01 Å². The Morgan fingerprint density at radius 2 is 1.86 bits per heavy atom. The highest BCUT2D eigenvalue weighted by molar-refractivity contribution is 6.28. The summed E-state index contributed by atoms with van der Waals surface area (Å²) in [5.74, 6) is 0.173. The van der Waals surface area contributed by atoms with E-state index < -0.39 is 0 Å². The average molecular weight is 315 g/mol. The van der Waals surface area contributed by atoms with Crippen LogP contribution in [-0.2, 0) is 9.47 Å². The van der Waals surface area contributed by atoms with Gasteiger partial charge in [-0.15, -0.1) is 0 Å². The van der Waals surface area contributed by atoms with E-state index in [2.05, 4.69) is 15.0 Å². The number of hydrogen-bond acceptors (Lipinski definition) is 7. The molecule has 7 nitrogen and oxygen atoms in total. The third kappa shape index (κ3) is 3.04. The second-order valence-electron chi connectivity index (χ2n) is 5.34. The minimum absolute atomic E-state index is 0.137. The van der Waals surface area contributed by atoms with Gasteiger partial charge in [-0.25, -0.2) is 0 Å². The molecule has 0 N–H and O–H groups in total. The Morgan fingerprint density at radius 1 is 1.19 bits per heavy atom. The molecule has 2 heterocycles. The molecule has 2 aliphatic rings. The Balaban J connectivity index is 1.68. The highest BCUT2D eigenvalue weighted by Gasteiger charge is 2.41. The van der Waals surface area contributed by atoms with Gasteiger partial charge in [0, 0.05) is 25.9 Å². The molecule has 0 amide bonds. The van der Waals surface area contributed by atoms with Crippen LogP contribution in [0.2, 0.25) is 5.28 Å². The van der Waals surface area contributed by atoms with Gasteiger partial charge in [-0.2, -0.15) is 15.0 Å². The SMILES string of the molecule is COc1nc(Cl)nc(N(C)C2CCC3(CC2)OCCO3)n1. The number of aromatic nitrogens is 3. The van der Waals surface area contributed by atoms with Gasteiger partial charge in [-0.1, -0.05) is 0 Å². The molecule has 2 fully saturated rings. The van der Waals surface area contributed by atoms with E-state index >= 15 is 0 Å². The van der Waals surface area contributed by atoms with E-state index in [4.69, 9.17) is 25.8 Å². The molecule has 8 heteroatoms. The second-order valence-corrected chi connectivity index (χ2v) is 5.68. The number of anilines is 1. The van der Waals surface area contributed by atoms with E-state index in [-0.39, 0.29) is 17.1 Å². The topological polar surface area (TPSA) is 69.6 Å². The molecule has 0 aromatic carbocycles. The first kappa shape index (κ1) is 14.7. The summed E-state index contributed by atoms with van der Waals surface area (Å²) in [5.41, 5.74) is 0. The Labute approximate surface area is 128 Å². The van der Waals surface area contributed by atoms with Crippen LogP contribution in [-0.4, -0.2) is 54.2 Å². The van der Waals surface area contributed by atoms with Crippen LogP contribution < -0.4 is 9.64 Å². The largest absolute Gasteiger partial charge is 0.467 e. The average Bonchev–Trinajstić information content (AvgIpc) is 2.95. The number of hydrogen-bond donors (Lipinski definition) is 0. The van der Waals surface area contributed by atoms with Crippen molar-refractivity contribution in [2.24, 2.45) is 0 Å². The minimum atomic E-state index is -0.355. The van der Waals surface area contributed by atoms with Crippen LogP contribution in [0.4, 0.5) is 5.95 Å². The van der Waals surface area contributed by atoms with Crippen molar-refractivity contribution in [1.29, 1.82) is 0 Å². The van der Waals surface area contributed by atoms with E-state index in [1.165, 1.54) is 7.11 Å². The molecular formula is C13H19ClN4O3. The molecule has 3 rings (SSSR count). The molecule has 1 aliphatic carbocycles. The fourth-order valence-corrected chi connectivity index (χ4v) is 3.10. The zero-order valence-electron chi connectivity index (χ0n) is 12.2. The van der Waals surface area contributed by atoms with Crippen molar-refractivity contribution in [2.45, 2.75) is 37.5 Å². The maximum Gasteiger partial charge on any atom is 0.322 e. The van der Waals surface area contributed by atoms with Gasteiger partial charge in [0.05, 0.1) is 20.3 Å². The third-order valence-electron chi connectivity index (χ3n) is 4.15. The molecule has 0 radical (unpaired) electrons. The summed E-state index contributed by atoms with van der Waals surface area (Å²) in [5, 5.41) is 0.137. The molecular weight excluding hydrogens is 296 g/mol. The summed E-state index contributed by atoms with van der Waals surface area (Å²) in [7, 11) is 3.47. The van der Waals surface area contributed by atoms with Crippen molar-refractivity contribution < 1.29 is 14.2 Å². The van der Waals surface area contributed by atoms with Gasteiger partial charge in [0.2, 0.25) is 11.2 Å². The summed E-state index contributed by atoms with van der Waals surface area (Å²) < 4.78 is 16.5. The third-order valence-corrected chi connectivity index (χ3v) is 4.32. The zero-order chi connectivity index (χ0) is 14.9. The van der Waals surface area contributed by atoms with Gasteiger partial charge in [0.1, 0.15) is 0 Å². The minimum Gasteiger partial charge on any atom is -0.467 e. The predicted molar refractivity (Wildman–Crippen MR) is 76.7 cm³/mol. The van der Waals surface area contributed by atoms with Crippen LogP contribution in [0.1, 0.15) is 25.7 Å². The second kappa shape index (κ2) is 5.90. The maximum atomic E-state index is 5.90. The molecule has 1 aliphatic heterocycles. The Kier molecular flexibility index (Phi) is 4.14. The Bertz CT molecular complexity index is 500. The first-order chi connectivity index (χ1) is 10.1. The van der Waals surface area contributed by atoms with E-state index in [1.807, 2.05) is 11.9 Å². The molecule has 116 valence electrons. The van der Waals surface area contributed by atoms with E-state index in [0.29, 0.717) is 25.2 Å². The molecule has 1 saturated heterocycles. The maximum absolute atomic E-state index is 5.90. The van der Waals surface area contributed by atoms with Crippen LogP contribution >= 0.6 is 11.6 Å². The number of rotatable bonds is 3. The Hall–Kier alpha value is -1.18. The fraction of sp³-hybridized carbons (Fsp3) is 0.769. The number of ether oxygens (including phenoxy) is 3. The van der Waals surface area contributed by atoms with Crippen LogP contribution in [0.25, 0.3) is 0 Å². The van der Waals surface area contributed by atoms with Crippen LogP contribution in [0, 0.1) is 0 Å². The molecule has 1 aromatic heterocycles. The number of methoxy groups -OCH3 is 1. The zero-order valence-corrected chi connectivity index (χ0v) is 13.0. The van der Waals surface area contributed by atoms with Crippen molar-refractivity contribution in [3.8, 4) is 6.01 Å². The van der Waals surface area contributed by atoms with Crippen molar-refractivity contribution in [3.63, 3.8) is 0 Å². The van der Waals surface area contributed by atoms with Crippen molar-refractivity contribution in [1.82, 2.24) is 15.0 Å².